The van der Waals surface area contributed by atoms with Crippen LogP contribution in [0.2, 0.25) is 5.02 Å². The van der Waals surface area contributed by atoms with Crippen molar-refractivity contribution in [2.45, 2.75) is 12.3 Å². The fraction of sp³-hybridized carbons (Fsp3) is 0.125. The molecule has 0 aliphatic rings. The lowest BCUT2D eigenvalue weighted by atomic mass is 10.0. The summed E-state index contributed by atoms with van der Waals surface area (Å²) in [6.07, 6.45) is 5.48. The first-order chi connectivity index (χ1) is 14.5. The Balaban J connectivity index is 2.30. The van der Waals surface area contributed by atoms with E-state index in [1.165, 1.54) is 11.8 Å². The standard InChI is InChI=1S/C24H24ClN3OS/c1-4-8-21(19(5-2)20-9-6-7-10-22(20)29-3)28-24(27)30-23(26)16-13-17-11-14-18(25)15-12-17/h4-12,14-15,23H,2,26H2,1,3H3,(H2,27,28)/b8-4-,21-19-. The molecule has 0 bridgehead atoms. The minimum Gasteiger partial charge on any atom is -0.496 e. The summed E-state index contributed by atoms with van der Waals surface area (Å²) < 4.78 is 5.47. The quantitative estimate of drug-likeness (QED) is 0.214. The lowest BCUT2D eigenvalue weighted by molar-refractivity contribution is 0.413. The highest BCUT2D eigenvalue weighted by atomic mass is 35.5. The van der Waals surface area contributed by atoms with Crippen molar-refractivity contribution in [2.24, 2.45) is 16.5 Å². The molecule has 2 rings (SSSR count). The number of halogens is 1. The van der Waals surface area contributed by atoms with Gasteiger partial charge in [-0.25, -0.2) is 4.99 Å². The van der Waals surface area contributed by atoms with E-state index >= 15 is 0 Å². The zero-order valence-electron chi connectivity index (χ0n) is 16.9. The molecular formula is C24H24ClN3OS. The van der Waals surface area contributed by atoms with Crippen LogP contribution >= 0.6 is 23.4 Å². The van der Waals surface area contributed by atoms with E-state index in [4.69, 9.17) is 27.8 Å². The fourth-order valence-corrected chi connectivity index (χ4v) is 3.21. The minimum atomic E-state index is -0.533. The number of allylic oxidation sites excluding steroid dienone is 4. The maximum absolute atomic E-state index is 6.15. The van der Waals surface area contributed by atoms with Gasteiger partial charge in [0.1, 0.15) is 11.1 Å². The number of nitrogens with two attached hydrogens (primary N) is 2. The molecule has 2 aromatic carbocycles. The third kappa shape index (κ3) is 6.85. The first-order valence-corrected chi connectivity index (χ1v) is 10.4. The number of para-hydroxylation sites is 1. The molecule has 0 aliphatic heterocycles. The number of thioether (sulfide) groups is 1. The van der Waals surface area contributed by atoms with Gasteiger partial charge < -0.3 is 16.2 Å². The van der Waals surface area contributed by atoms with E-state index in [0.717, 1.165) is 22.4 Å². The largest absolute Gasteiger partial charge is 0.496 e. The second-order valence-corrected chi connectivity index (χ2v) is 7.57. The number of aliphatic imine (C=N–C) groups is 1. The summed E-state index contributed by atoms with van der Waals surface area (Å²) in [5.74, 6) is 6.69. The van der Waals surface area contributed by atoms with E-state index in [9.17, 15) is 0 Å². The molecule has 0 fully saturated rings. The SMILES string of the molecule is C=C/C(=C(\C=C/C)N=C(N)SC(N)C#Cc1ccc(Cl)cc1)c1ccccc1OC. The highest BCUT2D eigenvalue weighted by molar-refractivity contribution is 8.14. The van der Waals surface area contributed by atoms with Crippen molar-refractivity contribution >= 4 is 34.1 Å². The topological polar surface area (TPSA) is 73.6 Å². The molecule has 4 N–H and O–H groups in total. The first kappa shape index (κ1) is 23.4. The van der Waals surface area contributed by atoms with Crippen molar-refractivity contribution in [1.29, 1.82) is 0 Å². The first-order valence-electron chi connectivity index (χ1n) is 9.14. The van der Waals surface area contributed by atoms with Crippen molar-refractivity contribution in [1.82, 2.24) is 0 Å². The minimum absolute atomic E-state index is 0.301. The fourth-order valence-electron chi connectivity index (χ4n) is 2.56. The van der Waals surface area contributed by atoms with E-state index in [0.29, 0.717) is 15.9 Å². The molecule has 0 radical (unpaired) electrons. The van der Waals surface area contributed by atoms with Gasteiger partial charge in [0, 0.05) is 21.7 Å². The summed E-state index contributed by atoms with van der Waals surface area (Å²) >= 11 is 7.07. The van der Waals surface area contributed by atoms with Crippen LogP contribution in [-0.4, -0.2) is 17.7 Å². The van der Waals surface area contributed by atoms with Gasteiger partial charge in [0.15, 0.2) is 5.17 Å². The molecule has 0 saturated carbocycles. The second-order valence-electron chi connectivity index (χ2n) is 5.97. The second kappa shape index (κ2) is 11.9. The number of methoxy groups -OCH3 is 1. The Bertz CT molecular complexity index is 1030. The van der Waals surface area contributed by atoms with Gasteiger partial charge in [-0.15, -0.1) is 0 Å². The molecule has 154 valence electrons. The molecule has 1 unspecified atom stereocenters. The van der Waals surface area contributed by atoms with Gasteiger partial charge >= 0.3 is 0 Å². The number of hydrogen-bond donors (Lipinski definition) is 2. The average molecular weight is 438 g/mol. The van der Waals surface area contributed by atoms with Gasteiger partial charge in [0.2, 0.25) is 0 Å². The summed E-state index contributed by atoms with van der Waals surface area (Å²) in [6, 6.07) is 14.9. The highest BCUT2D eigenvalue weighted by Crippen LogP contribution is 2.30. The molecule has 0 amide bonds. The smallest absolute Gasteiger partial charge is 0.161 e. The summed E-state index contributed by atoms with van der Waals surface area (Å²) in [4.78, 5) is 4.55. The van der Waals surface area contributed by atoms with Crippen molar-refractivity contribution in [3.05, 3.63) is 95.2 Å². The van der Waals surface area contributed by atoms with Gasteiger partial charge in [-0.1, -0.05) is 72.1 Å². The van der Waals surface area contributed by atoms with Crippen LogP contribution in [0.4, 0.5) is 0 Å². The Kier molecular flexibility index (Phi) is 9.30. The molecule has 4 nitrogen and oxygen atoms in total. The molecule has 6 heteroatoms. The number of benzene rings is 2. The van der Waals surface area contributed by atoms with Gasteiger partial charge in [0.05, 0.1) is 12.8 Å². The Morgan fingerprint density at radius 3 is 2.57 bits per heavy atom. The maximum atomic E-state index is 6.15. The van der Waals surface area contributed by atoms with Gasteiger partial charge in [0.25, 0.3) is 0 Å². The summed E-state index contributed by atoms with van der Waals surface area (Å²) in [7, 11) is 1.63. The number of amidine groups is 1. The molecule has 0 spiro atoms. The van der Waals surface area contributed by atoms with Gasteiger partial charge in [-0.05, 0) is 43.3 Å². The number of nitrogens with zero attached hydrogens (tertiary/aromatic N) is 1. The predicted molar refractivity (Wildman–Crippen MR) is 130 cm³/mol. The summed E-state index contributed by atoms with van der Waals surface area (Å²) in [5.41, 5.74) is 15.4. The van der Waals surface area contributed by atoms with Gasteiger partial charge in [-0.3, -0.25) is 0 Å². The van der Waals surface area contributed by atoms with Crippen LogP contribution in [0.5, 0.6) is 5.75 Å². The zero-order valence-corrected chi connectivity index (χ0v) is 18.5. The van der Waals surface area contributed by atoms with Crippen LogP contribution < -0.4 is 16.2 Å². The molecule has 0 aromatic heterocycles. The van der Waals surface area contributed by atoms with Crippen LogP contribution in [0.15, 0.2) is 84.0 Å². The monoisotopic (exact) mass is 437 g/mol. The normalized spacial score (nSPS) is 13.3. The zero-order chi connectivity index (χ0) is 21.9. The van der Waals surface area contributed by atoms with Gasteiger partial charge in [-0.2, -0.15) is 0 Å². The van der Waals surface area contributed by atoms with E-state index in [-0.39, 0.29) is 0 Å². The predicted octanol–water partition coefficient (Wildman–Crippen LogP) is 5.21. The van der Waals surface area contributed by atoms with Crippen molar-refractivity contribution in [3.63, 3.8) is 0 Å². The molecule has 0 saturated heterocycles. The summed E-state index contributed by atoms with van der Waals surface area (Å²) in [5, 5.41) is 0.428. The lowest BCUT2D eigenvalue weighted by Crippen LogP contribution is -2.20. The Hall–Kier alpha value is -2.91. The molecule has 1 atom stereocenters. The van der Waals surface area contributed by atoms with Crippen molar-refractivity contribution < 1.29 is 4.74 Å². The van der Waals surface area contributed by atoms with E-state index in [1.807, 2.05) is 55.5 Å². The van der Waals surface area contributed by atoms with E-state index < -0.39 is 5.37 Å². The number of ether oxygens (including phenoxy) is 1. The Morgan fingerprint density at radius 1 is 1.23 bits per heavy atom. The van der Waals surface area contributed by atoms with Crippen LogP contribution in [-0.2, 0) is 0 Å². The molecule has 30 heavy (non-hydrogen) atoms. The van der Waals surface area contributed by atoms with Crippen molar-refractivity contribution in [3.8, 4) is 17.6 Å². The van der Waals surface area contributed by atoms with E-state index in [1.54, 1.807) is 25.3 Å². The molecular weight excluding hydrogens is 414 g/mol. The highest BCUT2D eigenvalue weighted by Gasteiger charge is 2.11. The molecule has 0 aliphatic carbocycles. The van der Waals surface area contributed by atoms with E-state index in [2.05, 4.69) is 23.4 Å². The van der Waals surface area contributed by atoms with Crippen molar-refractivity contribution in [2.75, 3.05) is 7.11 Å². The third-order valence-corrected chi connectivity index (χ3v) is 4.84. The third-order valence-electron chi connectivity index (χ3n) is 3.88. The van der Waals surface area contributed by atoms with Crippen LogP contribution in [0.3, 0.4) is 0 Å². The Morgan fingerprint density at radius 2 is 1.93 bits per heavy atom. The lowest BCUT2D eigenvalue weighted by Gasteiger charge is -2.12. The van der Waals surface area contributed by atoms with Crippen LogP contribution in [0.1, 0.15) is 18.1 Å². The summed E-state index contributed by atoms with van der Waals surface area (Å²) in [6.45, 7) is 5.84. The van der Waals surface area contributed by atoms with Crippen LogP contribution in [0, 0.1) is 11.8 Å². The number of hydrogen-bond acceptors (Lipinski definition) is 4. The maximum Gasteiger partial charge on any atom is 0.161 e. The molecule has 2 aromatic rings. The average Bonchev–Trinajstić information content (AvgIpc) is 2.74. The number of rotatable bonds is 6. The van der Waals surface area contributed by atoms with Crippen LogP contribution in [0.25, 0.3) is 5.57 Å². The molecule has 0 heterocycles. The Labute approximate surface area is 187 Å².